The average Bonchev–Trinajstić information content (AvgIpc) is 3.25. The van der Waals surface area contributed by atoms with Gasteiger partial charge in [-0.05, 0) is 31.0 Å². The first-order valence-corrected chi connectivity index (χ1v) is 8.09. The van der Waals surface area contributed by atoms with Gasteiger partial charge in [-0.15, -0.1) is 11.3 Å². The summed E-state index contributed by atoms with van der Waals surface area (Å²) in [7, 11) is 1.62. The van der Waals surface area contributed by atoms with Gasteiger partial charge < -0.3 is 14.8 Å². The van der Waals surface area contributed by atoms with E-state index in [0.717, 1.165) is 35.7 Å². The van der Waals surface area contributed by atoms with E-state index in [0.29, 0.717) is 18.0 Å². The van der Waals surface area contributed by atoms with Crippen LogP contribution in [0.25, 0.3) is 0 Å². The third-order valence-electron chi connectivity index (χ3n) is 3.51. The molecule has 118 valence electrons. The number of methoxy groups -OCH3 is 1. The number of aromatic amines is 1. The lowest BCUT2D eigenvalue weighted by atomic mass is 10.2. The molecule has 3 heterocycles. The number of nitrogens with one attached hydrogen (secondary N) is 2. The Labute approximate surface area is 132 Å². The number of hydrogen-bond donors (Lipinski definition) is 2. The fourth-order valence-corrected chi connectivity index (χ4v) is 3.44. The van der Waals surface area contributed by atoms with E-state index in [1.807, 2.05) is 18.2 Å². The Kier molecular flexibility index (Phi) is 4.87. The summed E-state index contributed by atoms with van der Waals surface area (Å²) >= 11 is 1.50. The van der Waals surface area contributed by atoms with Crippen molar-refractivity contribution in [2.45, 2.75) is 32.1 Å². The predicted octanol–water partition coefficient (Wildman–Crippen LogP) is 2.40. The number of aromatic nitrogens is 2. The van der Waals surface area contributed by atoms with Crippen molar-refractivity contribution in [1.82, 2.24) is 15.5 Å². The van der Waals surface area contributed by atoms with Crippen molar-refractivity contribution >= 4 is 17.2 Å². The summed E-state index contributed by atoms with van der Waals surface area (Å²) in [5, 5.41) is 9.88. The van der Waals surface area contributed by atoms with Crippen LogP contribution >= 0.6 is 11.3 Å². The van der Waals surface area contributed by atoms with Crippen molar-refractivity contribution in [3.8, 4) is 0 Å². The van der Waals surface area contributed by atoms with Gasteiger partial charge in [0.1, 0.15) is 0 Å². The molecule has 1 aliphatic heterocycles. The number of carbonyl (C=O) groups is 1. The van der Waals surface area contributed by atoms with Crippen LogP contribution in [0.2, 0.25) is 0 Å². The van der Waals surface area contributed by atoms with Crippen LogP contribution < -0.4 is 5.32 Å². The van der Waals surface area contributed by atoms with Gasteiger partial charge in [0.25, 0.3) is 5.91 Å². The van der Waals surface area contributed by atoms with Gasteiger partial charge in [0.2, 0.25) is 0 Å². The first kappa shape index (κ1) is 15.2. The molecule has 0 saturated carbocycles. The van der Waals surface area contributed by atoms with E-state index in [1.165, 1.54) is 11.3 Å². The second-order valence-electron chi connectivity index (χ2n) is 5.20. The quantitative estimate of drug-likeness (QED) is 0.856. The summed E-state index contributed by atoms with van der Waals surface area (Å²) in [4.78, 5) is 14.0. The average molecular weight is 321 g/mol. The molecule has 2 aromatic heterocycles. The molecular weight excluding hydrogens is 302 g/mol. The Morgan fingerprint density at radius 1 is 1.59 bits per heavy atom. The van der Waals surface area contributed by atoms with Gasteiger partial charge in [-0.25, -0.2) is 0 Å². The third-order valence-corrected chi connectivity index (χ3v) is 4.69. The molecule has 1 saturated heterocycles. The molecule has 7 heteroatoms. The molecule has 0 aliphatic carbocycles. The molecule has 1 fully saturated rings. The highest BCUT2D eigenvalue weighted by atomic mass is 32.1. The predicted molar refractivity (Wildman–Crippen MR) is 82.7 cm³/mol. The molecule has 1 amide bonds. The lowest BCUT2D eigenvalue weighted by Crippen LogP contribution is -2.21. The Morgan fingerprint density at radius 3 is 3.27 bits per heavy atom. The maximum Gasteiger partial charge on any atom is 0.261 e. The van der Waals surface area contributed by atoms with Crippen molar-refractivity contribution in [1.29, 1.82) is 0 Å². The van der Waals surface area contributed by atoms with Gasteiger partial charge in [0, 0.05) is 18.6 Å². The van der Waals surface area contributed by atoms with Gasteiger partial charge in [-0.2, -0.15) is 5.10 Å². The summed E-state index contributed by atoms with van der Waals surface area (Å²) in [6, 6.07) is 5.73. The van der Waals surface area contributed by atoms with Crippen molar-refractivity contribution in [3.63, 3.8) is 0 Å². The van der Waals surface area contributed by atoms with E-state index in [9.17, 15) is 4.79 Å². The van der Waals surface area contributed by atoms with Gasteiger partial charge in [-0.1, -0.05) is 0 Å². The van der Waals surface area contributed by atoms with Crippen molar-refractivity contribution in [2.24, 2.45) is 0 Å². The van der Waals surface area contributed by atoms with Gasteiger partial charge in [-0.3, -0.25) is 9.89 Å². The largest absolute Gasteiger partial charge is 0.378 e. The minimum Gasteiger partial charge on any atom is -0.378 e. The standard InChI is InChI=1S/C15H19N3O3S/c1-20-9-11-7-10(17-18-11)8-16-15(19)14-5-4-13(22-14)12-3-2-6-21-12/h4-5,7,12H,2-3,6,8-9H2,1H3,(H,16,19)(H,17,18). The maximum atomic E-state index is 12.2. The van der Waals surface area contributed by atoms with Crippen LogP contribution in [0.1, 0.15) is 44.9 Å². The number of carbonyl (C=O) groups excluding carboxylic acids is 1. The maximum absolute atomic E-state index is 12.2. The molecular formula is C15H19N3O3S. The van der Waals surface area contributed by atoms with Crippen LogP contribution in [0.4, 0.5) is 0 Å². The Bertz CT molecular complexity index is 632. The van der Waals surface area contributed by atoms with E-state index < -0.39 is 0 Å². The van der Waals surface area contributed by atoms with Crippen LogP contribution in [0.5, 0.6) is 0 Å². The fourth-order valence-electron chi connectivity index (χ4n) is 2.43. The molecule has 22 heavy (non-hydrogen) atoms. The monoisotopic (exact) mass is 321 g/mol. The van der Waals surface area contributed by atoms with Gasteiger partial charge in [0.05, 0.1) is 35.5 Å². The first-order valence-electron chi connectivity index (χ1n) is 7.28. The van der Waals surface area contributed by atoms with Gasteiger partial charge >= 0.3 is 0 Å². The molecule has 3 rings (SSSR count). The Balaban J connectivity index is 1.54. The number of H-pyrrole nitrogens is 1. The summed E-state index contributed by atoms with van der Waals surface area (Å²) < 4.78 is 10.6. The Morgan fingerprint density at radius 2 is 2.50 bits per heavy atom. The normalized spacial score (nSPS) is 17.8. The zero-order valence-electron chi connectivity index (χ0n) is 12.4. The number of rotatable bonds is 6. The van der Waals surface area contributed by atoms with Crippen LogP contribution in [0.3, 0.4) is 0 Å². The second-order valence-corrected chi connectivity index (χ2v) is 6.32. The molecule has 1 aliphatic rings. The van der Waals surface area contributed by atoms with Crippen LogP contribution in [-0.4, -0.2) is 29.8 Å². The highest BCUT2D eigenvalue weighted by Gasteiger charge is 2.20. The van der Waals surface area contributed by atoms with Crippen molar-refractivity contribution in [2.75, 3.05) is 13.7 Å². The third kappa shape index (κ3) is 3.55. The van der Waals surface area contributed by atoms with E-state index in [4.69, 9.17) is 9.47 Å². The van der Waals surface area contributed by atoms with E-state index in [-0.39, 0.29) is 12.0 Å². The lowest BCUT2D eigenvalue weighted by Gasteiger charge is -2.05. The summed E-state index contributed by atoms with van der Waals surface area (Å²) in [6.45, 7) is 1.69. The molecule has 0 aromatic carbocycles. The number of hydrogen-bond acceptors (Lipinski definition) is 5. The molecule has 0 spiro atoms. The Hall–Kier alpha value is -1.70. The summed E-state index contributed by atoms with van der Waals surface area (Å²) in [6.07, 6.45) is 2.29. The fraction of sp³-hybridized carbons (Fsp3) is 0.467. The van der Waals surface area contributed by atoms with Crippen molar-refractivity contribution < 1.29 is 14.3 Å². The number of ether oxygens (including phenoxy) is 2. The van der Waals surface area contributed by atoms with Crippen LogP contribution in [-0.2, 0) is 22.6 Å². The first-order chi connectivity index (χ1) is 10.8. The molecule has 2 N–H and O–H groups in total. The zero-order valence-corrected chi connectivity index (χ0v) is 13.2. The lowest BCUT2D eigenvalue weighted by molar-refractivity contribution is 0.0954. The van der Waals surface area contributed by atoms with Crippen LogP contribution in [0, 0.1) is 0 Å². The highest BCUT2D eigenvalue weighted by Crippen LogP contribution is 2.33. The zero-order chi connectivity index (χ0) is 15.4. The molecule has 0 bridgehead atoms. The molecule has 1 unspecified atom stereocenters. The molecule has 1 atom stereocenters. The van der Waals surface area contributed by atoms with Gasteiger partial charge in [0.15, 0.2) is 0 Å². The summed E-state index contributed by atoms with van der Waals surface area (Å²) in [5.74, 6) is -0.0721. The van der Waals surface area contributed by atoms with Crippen LogP contribution in [0.15, 0.2) is 18.2 Å². The second kappa shape index (κ2) is 7.04. The SMILES string of the molecule is COCc1cc(CNC(=O)c2ccc(C3CCCO3)s2)[nH]n1. The smallest absolute Gasteiger partial charge is 0.261 e. The number of thiophene rings is 1. The topological polar surface area (TPSA) is 76.2 Å². The van der Waals surface area contributed by atoms with E-state index >= 15 is 0 Å². The molecule has 2 aromatic rings. The van der Waals surface area contributed by atoms with Crippen molar-refractivity contribution in [3.05, 3.63) is 39.3 Å². The highest BCUT2D eigenvalue weighted by molar-refractivity contribution is 7.14. The number of amides is 1. The minimum atomic E-state index is -0.0721. The van der Waals surface area contributed by atoms with E-state index in [1.54, 1.807) is 7.11 Å². The molecule has 6 nitrogen and oxygen atoms in total. The minimum absolute atomic E-state index is 0.0721. The van der Waals surface area contributed by atoms with E-state index in [2.05, 4.69) is 15.5 Å². The summed E-state index contributed by atoms with van der Waals surface area (Å²) in [5.41, 5.74) is 1.68. The number of nitrogens with zero attached hydrogens (tertiary/aromatic N) is 1. The molecule has 0 radical (unpaired) electrons.